The smallest absolute Gasteiger partial charge is 0.407 e. The van der Waals surface area contributed by atoms with Crippen LogP contribution in [0.3, 0.4) is 0 Å². The highest BCUT2D eigenvalue weighted by Crippen LogP contribution is 2.30. The van der Waals surface area contributed by atoms with Gasteiger partial charge in [-0.2, -0.15) is 0 Å². The first kappa shape index (κ1) is 18.3. The van der Waals surface area contributed by atoms with Gasteiger partial charge in [-0.25, -0.2) is 4.79 Å². The largest absolute Gasteiger partial charge is 0.444 e. The van der Waals surface area contributed by atoms with Gasteiger partial charge in [-0.3, -0.25) is 0 Å². The van der Waals surface area contributed by atoms with Crippen molar-refractivity contribution in [2.45, 2.75) is 84.9 Å². The normalized spacial score (nSPS) is 24.7. The lowest BCUT2D eigenvalue weighted by molar-refractivity contribution is 0.0520. The van der Waals surface area contributed by atoms with Crippen LogP contribution in [0, 0.1) is 11.8 Å². The first-order valence-corrected chi connectivity index (χ1v) is 8.42. The van der Waals surface area contributed by atoms with Gasteiger partial charge in [0.25, 0.3) is 0 Å². The minimum absolute atomic E-state index is 0.266. The summed E-state index contributed by atoms with van der Waals surface area (Å²) in [4.78, 5) is 11.7. The van der Waals surface area contributed by atoms with Crippen LogP contribution >= 0.6 is 0 Å². The van der Waals surface area contributed by atoms with E-state index in [0.29, 0.717) is 18.5 Å². The van der Waals surface area contributed by atoms with Gasteiger partial charge >= 0.3 is 6.09 Å². The topological polar surface area (TPSA) is 50.4 Å². The molecular formula is C17H34N2O2. The molecule has 0 saturated heterocycles. The Morgan fingerprint density at radius 2 is 1.81 bits per heavy atom. The van der Waals surface area contributed by atoms with Crippen LogP contribution in [0.5, 0.6) is 0 Å². The van der Waals surface area contributed by atoms with Gasteiger partial charge in [0, 0.05) is 18.6 Å². The van der Waals surface area contributed by atoms with E-state index in [1.807, 2.05) is 20.8 Å². The molecule has 3 unspecified atom stereocenters. The SMILES string of the molecule is CC(CNC(=O)OC(C)(C)C)NC1CCCCC1C(C)C. The monoisotopic (exact) mass is 298 g/mol. The summed E-state index contributed by atoms with van der Waals surface area (Å²) in [5.74, 6) is 1.47. The minimum atomic E-state index is -0.438. The van der Waals surface area contributed by atoms with Crippen LogP contribution in [0.4, 0.5) is 4.79 Å². The number of nitrogens with one attached hydrogen (secondary N) is 2. The summed E-state index contributed by atoms with van der Waals surface area (Å²) < 4.78 is 5.26. The Morgan fingerprint density at radius 1 is 1.19 bits per heavy atom. The summed E-state index contributed by atoms with van der Waals surface area (Å²) in [6.07, 6.45) is 4.90. The van der Waals surface area contributed by atoms with Crippen molar-refractivity contribution in [1.29, 1.82) is 0 Å². The molecule has 2 N–H and O–H groups in total. The maximum atomic E-state index is 11.7. The van der Waals surface area contributed by atoms with Crippen LogP contribution in [0.15, 0.2) is 0 Å². The zero-order chi connectivity index (χ0) is 16.0. The van der Waals surface area contributed by atoms with E-state index in [9.17, 15) is 4.79 Å². The molecule has 1 aliphatic carbocycles. The molecule has 1 fully saturated rings. The highest BCUT2D eigenvalue weighted by Gasteiger charge is 2.28. The molecule has 4 nitrogen and oxygen atoms in total. The van der Waals surface area contributed by atoms with Crippen molar-refractivity contribution < 1.29 is 9.53 Å². The Bertz CT molecular complexity index is 323. The highest BCUT2D eigenvalue weighted by molar-refractivity contribution is 5.67. The van der Waals surface area contributed by atoms with Crippen molar-refractivity contribution in [1.82, 2.24) is 10.6 Å². The fraction of sp³-hybridized carbons (Fsp3) is 0.941. The van der Waals surface area contributed by atoms with Gasteiger partial charge < -0.3 is 15.4 Å². The number of hydrogen-bond acceptors (Lipinski definition) is 3. The number of alkyl carbamates (subject to hydrolysis) is 1. The molecule has 3 atom stereocenters. The van der Waals surface area contributed by atoms with Crippen LogP contribution < -0.4 is 10.6 Å². The molecule has 1 rings (SSSR count). The van der Waals surface area contributed by atoms with Crippen molar-refractivity contribution in [3.8, 4) is 0 Å². The number of hydrogen-bond donors (Lipinski definition) is 2. The van der Waals surface area contributed by atoms with Crippen molar-refractivity contribution in [2.75, 3.05) is 6.54 Å². The lowest BCUT2D eigenvalue weighted by Crippen LogP contribution is -2.49. The summed E-state index contributed by atoms with van der Waals surface area (Å²) in [5.41, 5.74) is -0.438. The van der Waals surface area contributed by atoms with Crippen molar-refractivity contribution >= 4 is 6.09 Å². The average Bonchev–Trinajstić information content (AvgIpc) is 2.35. The Labute approximate surface area is 130 Å². The summed E-state index contributed by atoms with van der Waals surface area (Å²) in [5, 5.41) is 6.55. The Kier molecular flexibility index (Phi) is 6.98. The second-order valence-electron chi connectivity index (χ2n) is 7.75. The first-order valence-electron chi connectivity index (χ1n) is 8.42. The summed E-state index contributed by atoms with van der Waals surface area (Å²) >= 11 is 0. The van der Waals surface area contributed by atoms with Crippen LogP contribution in [-0.4, -0.2) is 30.3 Å². The fourth-order valence-electron chi connectivity index (χ4n) is 3.14. The molecule has 1 amide bonds. The van der Waals surface area contributed by atoms with Crippen LogP contribution in [0.1, 0.15) is 67.2 Å². The Hall–Kier alpha value is -0.770. The first-order chi connectivity index (χ1) is 9.69. The fourth-order valence-corrected chi connectivity index (χ4v) is 3.14. The number of amides is 1. The van der Waals surface area contributed by atoms with Gasteiger partial charge in [0.1, 0.15) is 5.60 Å². The molecule has 21 heavy (non-hydrogen) atoms. The third-order valence-electron chi connectivity index (χ3n) is 4.13. The molecule has 0 aromatic rings. The lowest BCUT2D eigenvalue weighted by atomic mass is 9.77. The summed E-state index contributed by atoms with van der Waals surface area (Å²) in [6, 6.07) is 0.844. The standard InChI is InChI=1S/C17H34N2O2/c1-12(2)14-9-7-8-10-15(14)19-13(3)11-18-16(20)21-17(4,5)6/h12-15,19H,7-11H2,1-6H3,(H,18,20). The van der Waals surface area contributed by atoms with E-state index in [0.717, 1.165) is 5.92 Å². The van der Waals surface area contributed by atoms with Gasteiger partial charge in [0.2, 0.25) is 0 Å². The van der Waals surface area contributed by atoms with Gasteiger partial charge in [-0.15, -0.1) is 0 Å². The number of rotatable bonds is 5. The number of carbonyl (C=O) groups is 1. The average molecular weight is 298 g/mol. The van der Waals surface area contributed by atoms with E-state index in [-0.39, 0.29) is 12.1 Å². The van der Waals surface area contributed by atoms with Crippen LogP contribution in [0.25, 0.3) is 0 Å². The molecule has 124 valence electrons. The molecule has 0 aromatic heterocycles. The van der Waals surface area contributed by atoms with Crippen LogP contribution in [0.2, 0.25) is 0 Å². The van der Waals surface area contributed by atoms with Crippen molar-refractivity contribution in [3.63, 3.8) is 0 Å². The number of ether oxygens (including phenoxy) is 1. The predicted octanol–water partition coefficient (Wildman–Crippen LogP) is 3.70. The van der Waals surface area contributed by atoms with Crippen LogP contribution in [-0.2, 0) is 4.74 Å². The van der Waals surface area contributed by atoms with Crippen molar-refractivity contribution in [3.05, 3.63) is 0 Å². The zero-order valence-electron chi connectivity index (χ0n) is 14.7. The Balaban J connectivity index is 2.35. The molecule has 0 heterocycles. The second-order valence-corrected chi connectivity index (χ2v) is 7.75. The highest BCUT2D eigenvalue weighted by atomic mass is 16.6. The van der Waals surface area contributed by atoms with Gasteiger partial charge in [0.05, 0.1) is 0 Å². The summed E-state index contributed by atoms with van der Waals surface area (Å²) in [7, 11) is 0. The molecule has 0 aromatic carbocycles. The maximum absolute atomic E-state index is 11.7. The van der Waals surface area contributed by atoms with E-state index in [1.54, 1.807) is 0 Å². The van der Waals surface area contributed by atoms with Crippen molar-refractivity contribution in [2.24, 2.45) is 11.8 Å². The van der Waals surface area contributed by atoms with E-state index < -0.39 is 5.60 Å². The summed E-state index contributed by atoms with van der Waals surface area (Å²) in [6.45, 7) is 13.0. The van der Waals surface area contributed by atoms with E-state index >= 15 is 0 Å². The third kappa shape index (κ3) is 7.16. The quantitative estimate of drug-likeness (QED) is 0.813. The number of carbonyl (C=O) groups excluding carboxylic acids is 1. The minimum Gasteiger partial charge on any atom is -0.444 e. The molecule has 0 radical (unpaired) electrons. The maximum Gasteiger partial charge on any atom is 0.407 e. The van der Waals surface area contributed by atoms with E-state index in [1.165, 1.54) is 25.7 Å². The zero-order valence-corrected chi connectivity index (χ0v) is 14.7. The van der Waals surface area contributed by atoms with Gasteiger partial charge in [0.15, 0.2) is 0 Å². The van der Waals surface area contributed by atoms with Gasteiger partial charge in [-0.1, -0.05) is 26.7 Å². The van der Waals surface area contributed by atoms with Gasteiger partial charge in [-0.05, 0) is 52.4 Å². The molecule has 1 aliphatic rings. The molecule has 1 saturated carbocycles. The van der Waals surface area contributed by atoms with E-state index in [2.05, 4.69) is 31.4 Å². The lowest BCUT2D eigenvalue weighted by Gasteiger charge is -2.37. The molecule has 0 bridgehead atoms. The molecule has 0 spiro atoms. The Morgan fingerprint density at radius 3 is 2.38 bits per heavy atom. The van der Waals surface area contributed by atoms with E-state index in [4.69, 9.17) is 4.74 Å². The second kappa shape index (κ2) is 8.02. The molecule has 0 aliphatic heterocycles. The molecule has 4 heteroatoms. The third-order valence-corrected chi connectivity index (χ3v) is 4.13. The molecular weight excluding hydrogens is 264 g/mol. The predicted molar refractivity (Wildman–Crippen MR) is 87.4 cm³/mol.